The number of nitro benzene ring substituents is 2. The van der Waals surface area contributed by atoms with Crippen LogP contribution >= 0.6 is 0 Å². The molecule has 0 aromatic heterocycles. The Hall–Kier alpha value is -2.77. The van der Waals surface area contributed by atoms with E-state index in [1.165, 1.54) is 23.3 Å². The topological polar surface area (TPSA) is 111 Å². The van der Waals surface area contributed by atoms with Crippen molar-refractivity contribution in [3.05, 3.63) is 49.6 Å². The van der Waals surface area contributed by atoms with E-state index in [4.69, 9.17) is 0 Å². The quantitative estimate of drug-likeness (QED) is 0.498. The van der Waals surface area contributed by atoms with Gasteiger partial charge in [-0.1, -0.05) is 18.1 Å². The molecule has 1 atom stereocenters. The maximum absolute atomic E-state index is 11.1. The van der Waals surface area contributed by atoms with Crippen molar-refractivity contribution in [3.63, 3.8) is 0 Å². The molecule has 8 nitrogen and oxygen atoms in total. The van der Waals surface area contributed by atoms with E-state index in [0.717, 1.165) is 31.0 Å². The molecule has 2 rings (SSSR count). The minimum absolute atomic E-state index is 0.148. The smallest absolute Gasteiger partial charge is 0.272 e. The van der Waals surface area contributed by atoms with E-state index in [1.54, 1.807) is 0 Å². The maximum Gasteiger partial charge on any atom is 0.301 e. The van der Waals surface area contributed by atoms with Gasteiger partial charge in [-0.2, -0.15) is 5.10 Å². The third kappa shape index (κ3) is 3.95. The summed E-state index contributed by atoms with van der Waals surface area (Å²) < 4.78 is 0. The van der Waals surface area contributed by atoms with E-state index in [2.05, 4.69) is 31.3 Å². The Morgan fingerprint density at radius 1 is 1.25 bits per heavy atom. The number of nitrogens with zero attached hydrogens (tertiary/aromatic N) is 3. The van der Waals surface area contributed by atoms with Crippen molar-refractivity contribution in [3.8, 4) is 0 Å². The van der Waals surface area contributed by atoms with Gasteiger partial charge in [0.15, 0.2) is 0 Å². The Bertz CT molecular complexity index is 736. The Balaban J connectivity index is 2.28. The van der Waals surface area contributed by atoms with Crippen LogP contribution in [0.5, 0.6) is 0 Å². The minimum atomic E-state index is -0.660. The number of nitro groups is 2. The fourth-order valence-corrected chi connectivity index (χ4v) is 2.63. The molecule has 0 amide bonds. The third-order valence-electron chi connectivity index (χ3n) is 4.26. The monoisotopic (exact) mass is 332 g/mol. The number of hydrazone groups is 1. The highest BCUT2D eigenvalue weighted by molar-refractivity contribution is 5.90. The molecule has 0 heterocycles. The lowest BCUT2D eigenvalue weighted by atomic mass is 9.83. The molecule has 1 aromatic carbocycles. The highest BCUT2D eigenvalue weighted by Gasteiger charge is 2.22. The number of anilines is 1. The molecule has 128 valence electrons. The van der Waals surface area contributed by atoms with Crippen molar-refractivity contribution in [2.24, 2.45) is 11.0 Å². The van der Waals surface area contributed by atoms with Crippen molar-refractivity contribution < 1.29 is 9.85 Å². The summed E-state index contributed by atoms with van der Waals surface area (Å²) in [5, 5.41) is 26.2. The Kier molecular flexibility index (Phi) is 5.28. The maximum atomic E-state index is 11.1. The van der Waals surface area contributed by atoms with Gasteiger partial charge in [-0.15, -0.1) is 0 Å². The lowest BCUT2D eigenvalue weighted by Gasteiger charge is -2.24. The van der Waals surface area contributed by atoms with Crippen LogP contribution in [0.3, 0.4) is 0 Å². The van der Waals surface area contributed by atoms with Crippen LogP contribution in [0.25, 0.3) is 0 Å². The van der Waals surface area contributed by atoms with Crippen molar-refractivity contribution >= 4 is 22.8 Å². The first-order chi connectivity index (χ1) is 11.3. The number of benzene rings is 1. The molecular formula is C16H20N4O4. The predicted octanol–water partition coefficient (Wildman–Crippen LogP) is 4.43. The minimum Gasteiger partial charge on any atom is -0.272 e. The van der Waals surface area contributed by atoms with E-state index in [1.807, 2.05) is 0 Å². The van der Waals surface area contributed by atoms with Crippen LogP contribution in [0.1, 0.15) is 40.0 Å². The Labute approximate surface area is 139 Å². The van der Waals surface area contributed by atoms with Crippen molar-refractivity contribution in [2.45, 2.75) is 40.0 Å². The molecule has 0 saturated heterocycles. The van der Waals surface area contributed by atoms with Crippen LogP contribution in [0.15, 0.2) is 34.4 Å². The molecule has 1 N–H and O–H groups in total. The second-order valence-corrected chi connectivity index (χ2v) is 6.15. The van der Waals surface area contributed by atoms with Gasteiger partial charge in [0.2, 0.25) is 0 Å². The molecule has 0 spiro atoms. The molecule has 1 saturated carbocycles. The Morgan fingerprint density at radius 2 is 1.96 bits per heavy atom. The third-order valence-corrected chi connectivity index (χ3v) is 4.26. The summed E-state index contributed by atoms with van der Waals surface area (Å²) in [6.07, 6.45) is 2.78. The van der Waals surface area contributed by atoms with E-state index in [-0.39, 0.29) is 23.0 Å². The first-order valence-corrected chi connectivity index (χ1v) is 7.70. The zero-order valence-electron chi connectivity index (χ0n) is 13.9. The zero-order chi connectivity index (χ0) is 17.9. The second kappa shape index (κ2) is 7.20. The summed E-state index contributed by atoms with van der Waals surface area (Å²) in [6.45, 7) is 6.21. The van der Waals surface area contributed by atoms with Gasteiger partial charge in [-0.25, -0.2) is 0 Å². The van der Waals surface area contributed by atoms with Crippen LogP contribution in [-0.4, -0.2) is 15.6 Å². The van der Waals surface area contributed by atoms with Gasteiger partial charge < -0.3 is 0 Å². The number of rotatable bonds is 4. The predicted molar refractivity (Wildman–Crippen MR) is 92.2 cm³/mol. The summed E-state index contributed by atoms with van der Waals surface area (Å²) in [5.41, 5.74) is 5.74. The normalized spacial score (nSPS) is 19.2. The van der Waals surface area contributed by atoms with E-state index < -0.39 is 9.85 Å². The largest absolute Gasteiger partial charge is 0.301 e. The van der Waals surface area contributed by atoms with Gasteiger partial charge in [0.1, 0.15) is 5.69 Å². The van der Waals surface area contributed by atoms with Crippen LogP contribution in [0.2, 0.25) is 0 Å². The molecule has 1 aliphatic rings. The van der Waals surface area contributed by atoms with Gasteiger partial charge in [0, 0.05) is 18.2 Å². The first kappa shape index (κ1) is 17.6. The summed E-state index contributed by atoms with van der Waals surface area (Å²) in [7, 11) is 0. The lowest BCUT2D eigenvalue weighted by Crippen LogP contribution is -2.20. The summed E-state index contributed by atoms with van der Waals surface area (Å²) in [6, 6.07) is 3.48. The molecule has 24 heavy (non-hydrogen) atoms. The fraction of sp³-hybridized carbons (Fsp3) is 0.438. The standard InChI is InChI=1S/C16H20N4O4/c1-10(2)12-5-4-11(3)15(8-12)18-17-14-7-6-13(19(21)22)9-16(14)20(23)24/h6-7,9,11,17H,4-5,8H2,1-3H3/b18-15+. The molecule has 1 aromatic rings. The van der Waals surface area contributed by atoms with Crippen LogP contribution in [0.4, 0.5) is 17.1 Å². The number of allylic oxidation sites excluding steroid dienone is 2. The number of hydrogen-bond donors (Lipinski definition) is 1. The zero-order valence-corrected chi connectivity index (χ0v) is 13.9. The molecule has 1 unspecified atom stereocenters. The number of hydrogen-bond acceptors (Lipinski definition) is 6. The van der Waals surface area contributed by atoms with Crippen LogP contribution in [0, 0.1) is 26.1 Å². The van der Waals surface area contributed by atoms with Crippen molar-refractivity contribution in [1.29, 1.82) is 0 Å². The number of nitrogens with one attached hydrogen (secondary N) is 1. The summed E-state index contributed by atoms with van der Waals surface area (Å²) >= 11 is 0. The highest BCUT2D eigenvalue weighted by Crippen LogP contribution is 2.31. The molecule has 8 heteroatoms. The van der Waals surface area contributed by atoms with Gasteiger partial charge in [-0.05, 0) is 38.7 Å². The van der Waals surface area contributed by atoms with Crippen molar-refractivity contribution in [2.75, 3.05) is 5.43 Å². The fourth-order valence-electron chi connectivity index (χ4n) is 2.63. The van der Waals surface area contributed by atoms with Gasteiger partial charge in [0.05, 0.1) is 15.9 Å². The average molecular weight is 332 g/mol. The molecule has 0 bridgehead atoms. The van der Waals surface area contributed by atoms with Gasteiger partial charge >= 0.3 is 5.69 Å². The number of non-ortho nitro benzene ring substituents is 1. The van der Waals surface area contributed by atoms with E-state index in [0.29, 0.717) is 0 Å². The molecular weight excluding hydrogens is 312 g/mol. The second-order valence-electron chi connectivity index (χ2n) is 6.15. The van der Waals surface area contributed by atoms with Crippen molar-refractivity contribution in [1.82, 2.24) is 0 Å². The first-order valence-electron chi connectivity index (χ1n) is 7.70. The molecule has 0 radical (unpaired) electrons. The molecule has 0 aliphatic heterocycles. The SMILES string of the molecule is CC(C)=C1CCC(C)/C(=N/Nc2ccc([N+](=O)[O-])cc2[N+](=O)[O-])C1. The van der Waals surface area contributed by atoms with E-state index >= 15 is 0 Å². The highest BCUT2D eigenvalue weighted by atomic mass is 16.6. The van der Waals surface area contributed by atoms with Crippen LogP contribution < -0.4 is 5.43 Å². The Morgan fingerprint density at radius 3 is 2.54 bits per heavy atom. The molecule has 1 fully saturated rings. The summed E-state index contributed by atoms with van der Waals surface area (Å²) in [5.74, 6) is 0.290. The molecule has 1 aliphatic carbocycles. The average Bonchev–Trinajstić information content (AvgIpc) is 2.53. The van der Waals surface area contributed by atoms with Crippen LogP contribution in [-0.2, 0) is 0 Å². The lowest BCUT2D eigenvalue weighted by molar-refractivity contribution is -0.393. The summed E-state index contributed by atoms with van der Waals surface area (Å²) in [4.78, 5) is 20.6. The van der Waals surface area contributed by atoms with E-state index in [9.17, 15) is 20.2 Å². The van der Waals surface area contributed by atoms with Gasteiger partial charge in [0.25, 0.3) is 5.69 Å². The van der Waals surface area contributed by atoms with Gasteiger partial charge in [-0.3, -0.25) is 25.7 Å².